The van der Waals surface area contributed by atoms with Crippen molar-refractivity contribution in [2.24, 2.45) is 0 Å². The number of amides is 1. The van der Waals surface area contributed by atoms with E-state index in [1.165, 1.54) is 18.2 Å². The standard InChI is InChI=1S/C25H25ClF4N4O4S/c1-13-20-10-21(24(35)32-39(36,37)19-3-4-19)22(27)11-23(20)34(31-13)17-5-6-33(12-17)14(2)15-7-16(26)9-18(8-15)38-25(28,29)30/h7-11,14,17,19H,3-6,12H2,1-2H3,(H,32,35)/t14-,17-/m1/s1. The van der Waals surface area contributed by atoms with Crippen molar-refractivity contribution in [3.8, 4) is 5.75 Å². The lowest BCUT2D eigenvalue weighted by Gasteiger charge is -2.25. The quantitative estimate of drug-likeness (QED) is 0.378. The van der Waals surface area contributed by atoms with E-state index in [0.717, 1.165) is 6.07 Å². The van der Waals surface area contributed by atoms with Gasteiger partial charge in [0, 0.05) is 35.6 Å². The molecule has 210 valence electrons. The van der Waals surface area contributed by atoms with Gasteiger partial charge in [-0.15, -0.1) is 13.2 Å². The van der Waals surface area contributed by atoms with Crippen LogP contribution in [0.3, 0.4) is 0 Å². The van der Waals surface area contributed by atoms with Gasteiger partial charge < -0.3 is 4.74 Å². The van der Waals surface area contributed by atoms with Crippen molar-refractivity contribution in [2.75, 3.05) is 13.1 Å². The molecule has 2 fully saturated rings. The smallest absolute Gasteiger partial charge is 0.406 e. The van der Waals surface area contributed by atoms with E-state index in [0.29, 0.717) is 54.5 Å². The van der Waals surface area contributed by atoms with Crippen molar-refractivity contribution in [1.82, 2.24) is 19.4 Å². The van der Waals surface area contributed by atoms with Crippen molar-refractivity contribution >= 4 is 38.4 Å². The lowest BCUT2D eigenvalue weighted by atomic mass is 10.1. The average molecular weight is 589 g/mol. The van der Waals surface area contributed by atoms with Crippen molar-refractivity contribution in [3.05, 3.63) is 58.0 Å². The molecule has 2 heterocycles. The zero-order valence-electron chi connectivity index (χ0n) is 20.9. The van der Waals surface area contributed by atoms with E-state index in [-0.39, 0.29) is 22.7 Å². The molecular formula is C25H25ClF4N4O4S. The molecule has 0 bridgehead atoms. The maximum absolute atomic E-state index is 15.0. The second-order valence-electron chi connectivity index (χ2n) is 9.94. The summed E-state index contributed by atoms with van der Waals surface area (Å²) in [5.74, 6) is -2.29. The maximum Gasteiger partial charge on any atom is 0.573 e. The molecule has 2 aromatic carbocycles. The van der Waals surface area contributed by atoms with Gasteiger partial charge in [0.25, 0.3) is 5.91 Å². The van der Waals surface area contributed by atoms with E-state index in [1.807, 2.05) is 11.6 Å². The molecule has 1 amide bonds. The van der Waals surface area contributed by atoms with Crippen LogP contribution in [0.2, 0.25) is 5.02 Å². The third kappa shape index (κ3) is 5.85. The summed E-state index contributed by atoms with van der Waals surface area (Å²) in [5.41, 5.74) is 1.16. The summed E-state index contributed by atoms with van der Waals surface area (Å²) >= 11 is 6.05. The van der Waals surface area contributed by atoms with E-state index in [4.69, 9.17) is 11.6 Å². The first-order chi connectivity index (χ1) is 18.2. The number of carbonyl (C=O) groups is 1. The van der Waals surface area contributed by atoms with Crippen LogP contribution in [0.4, 0.5) is 17.6 Å². The number of hydrogen-bond acceptors (Lipinski definition) is 6. The minimum Gasteiger partial charge on any atom is -0.406 e. The molecule has 1 saturated carbocycles. The van der Waals surface area contributed by atoms with Crippen LogP contribution >= 0.6 is 11.6 Å². The number of hydrogen-bond donors (Lipinski definition) is 1. The van der Waals surface area contributed by atoms with Crippen LogP contribution < -0.4 is 9.46 Å². The first kappa shape index (κ1) is 27.7. The number of rotatable bonds is 7. The molecule has 14 heteroatoms. The Kier molecular flexibility index (Phi) is 7.04. The third-order valence-corrected chi connectivity index (χ3v) is 9.16. The number of ether oxygens (including phenoxy) is 1. The Hall–Kier alpha value is -2.90. The molecule has 39 heavy (non-hydrogen) atoms. The summed E-state index contributed by atoms with van der Waals surface area (Å²) in [6.45, 7) is 4.63. The number of benzene rings is 2. The second-order valence-corrected chi connectivity index (χ2v) is 12.3. The molecule has 1 aromatic heterocycles. The largest absolute Gasteiger partial charge is 0.573 e. The summed E-state index contributed by atoms with van der Waals surface area (Å²) < 4.78 is 85.2. The zero-order chi connectivity index (χ0) is 28.3. The Labute approximate surface area is 226 Å². The number of aryl methyl sites for hydroxylation is 1. The molecule has 0 spiro atoms. The molecule has 3 aromatic rings. The van der Waals surface area contributed by atoms with Gasteiger partial charge in [-0.25, -0.2) is 17.5 Å². The molecule has 5 rings (SSSR count). The van der Waals surface area contributed by atoms with Crippen LogP contribution in [0.25, 0.3) is 10.9 Å². The predicted molar refractivity (Wildman–Crippen MR) is 136 cm³/mol. The summed E-state index contributed by atoms with van der Waals surface area (Å²) in [4.78, 5) is 14.6. The number of likely N-dealkylation sites (tertiary alicyclic amines) is 1. The van der Waals surface area contributed by atoms with Crippen LogP contribution in [-0.2, 0) is 10.0 Å². The average Bonchev–Trinajstić information content (AvgIpc) is 3.50. The zero-order valence-corrected chi connectivity index (χ0v) is 22.5. The molecule has 0 unspecified atom stereocenters. The summed E-state index contributed by atoms with van der Waals surface area (Å²) in [6, 6.07) is 6.00. The summed E-state index contributed by atoms with van der Waals surface area (Å²) in [6.07, 6.45) is -3.28. The van der Waals surface area contributed by atoms with E-state index >= 15 is 4.39 Å². The van der Waals surface area contributed by atoms with Crippen LogP contribution in [0.1, 0.15) is 59.9 Å². The van der Waals surface area contributed by atoms with Crippen molar-refractivity contribution < 1.29 is 35.5 Å². The SMILES string of the molecule is Cc1nn([C@@H]2CCN([C@H](C)c3cc(Cl)cc(OC(F)(F)F)c3)C2)c2cc(F)c(C(=O)NS(=O)(=O)C3CC3)cc12. The number of nitrogens with one attached hydrogen (secondary N) is 1. The topological polar surface area (TPSA) is 93.5 Å². The van der Waals surface area contributed by atoms with Crippen molar-refractivity contribution in [1.29, 1.82) is 0 Å². The highest BCUT2D eigenvalue weighted by Gasteiger charge is 2.38. The molecule has 2 aliphatic rings. The van der Waals surface area contributed by atoms with Gasteiger partial charge in [-0.3, -0.25) is 14.4 Å². The number of alkyl halides is 3. The molecule has 1 N–H and O–H groups in total. The molecule has 2 atom stereocenters. The fraction of sp³-hybridized carbons (Fsp3) is 0.440. The Bertz CT molecular complexity index is 1560. The number of sulfonamides is 1. The molecule has 1 aliphatic carbocycles. The van der Waals surface area contributed by atoms with E-state index in [1.54, 1.807) is 17.7 Å². The van der Waals surface area contributed by atoms with Crippen LogP contribution in [0.5, 0.6) is 5.75 Å². The van der Waals surface area contributed by atoms with Crippen molar-refractivity contribution in [3.63, 3.8) is 0 Å². The van der Waals surface area contributed by atoms with Gasteiger partial charge in [-0.05, 0) is 62.9 Å². The van der Waals surface area contributed by atoms with Gasteiger partial charge in [0.15, 0.2) is 0 Å². The predicted octanol–water partition coefficient (Wildman–Crippen LogP) is 5.27. The van der Waals surface area contributed by atoms with Crippen LogP contribution in [0.15, 0.2) is 30.3 Å². The maximum atomic E-state index is 15.0. The lowest BCUT2D eigenvalue weighted by molar-refractivity contribution is -0.274. The van der Waals surface area contributed by atoms with Crippen LogP contribution in [0, 0.1) is 12.7 Å². The number of carbonyl (C=O) groups excluding carboxylic acids is 1. The monoisotopic (exact) mass is 588 g/mol. The number of halogens is 5. The fourth-order valence-electron chi connectivity index (χ4n) is 4.96. The van der Waals surface area contributed by atoms with Gasteiger partial charge >= 0.3 is 6.36 Å². The van der Waals surface area contributed by atoms with E-state index < -0.39 is 39.1 Å². The van der Waals surface area contributed by atoms with Gasteiger partial charge in [0.2, 0.25) is 10.0 Å². The number of aromatic nitrogens is 2. The Morgan fingerprint density at radius 3 is 2.56 bits per heavy atom. The molecule has 1 saturated heterocycles. The van der Waals surface area contributed by atoms with Gasteiger partial charge in [0.05, 0.1) is 28.1 Å². The van der Waals surface area contributed by atoms with E-state index in [9.17, 15) is 26.4 Å². The highest BCUT2D eigenvalue weighted by atomic mass is 35.5. The molecule has 0 radical (unpaired) electrons. The third-order valence-electron chi connectivity index (χ3n) is 7.12. The Balaban J connectivity index is 1.36. The summed E-state index contributed by atoms with van der Waals surface area (Å²) in [5, 5.41) is 4.57. The molecule has 8 nitrogen and oxygen atoms in total. The summed E-state index contributed by atoms with van der Waals surface area (Å²) in [7, 11) is -3.84. The van der Waals surface area contributed by atoms with Gasteiger partial charge in [-0.1, -0.05) is 11.6 Å². The lowest BCUT2D eigenvalue weighted by Crippen LogP contribution is -2.33. The first-order valence-corrected chi connectivity index (χ1v) is 14.2. The van der Waals surface area contributed by atoms with Gasteiger partial charge in [-0.2, -0.15) is 5.10 Å². The highest BCUT2D eigenvalue weighted by molar-refractivity contribution is 7.91. The number of fused-ring (bicyclic) bond motifs is 1. The first-order valence-electron chi connectivity index (χ1n) is 12.3. The second kappa shape index (κ2) is 9.93. The minimum absolute atomic E-state index is 0.114. The number of nitrogens with zero attached hydrogens (tertiary/aromatic N) is 3. The van der Waals surface area contributed by atoms with E-state index in [2.05, 4.69) is 14.7 Å². The molecular weight excluding hydrogens is 564 g/mol. The molecule has 1 aliphatic heterocycles. The Morgan fingerprint density at radius 1 is 1.18 bits per heavy atom. The normalized spacial score (nSPS) is 19.4. The van der Waals surface area contributed by atoms with Crippen molar-refractivity contribution in [2.45, 2.75) is 56.8 Å². The highest BCUT2D eigenvalue weighted by Crippen LogP contribution is 2.36. The van der Waals surface area contributed by atoms with Gasteiger partial charge in [0.1, 0.15) is 11.6 Å². The fourth-order valence-corrected chi connectivity index (χ4v) is 6.48. The van der Waals surface area contributed by atoms with Crippen LogP contribution in [-0.4, -0.2) is 53.7 Å². The minimum atomic E-state index is -4.84. The Morgan fingerprint density at radius 2 is 1.90 bits per heavy atom.